The van der Waals surface area contributed by atoms with Gasteiger partial charge in [0.15, 0.2) is 0 Å². The van der Waals surface area contributed by atoms with Crippen LogP contribution < -0.4 is 10.0 Å². The Morgan fingerprint density at radius 3 is 2.42 bits per heavy atom. The standard InChI is InChI=1S/C16H16N2O5S/c1-23-16(20)11-6-5-7-12(10-11)17-15(19)13-8-3-4-9-14(13)18-24(2,21)22/h3-10,18H,1-2H3,(H,17,19). The van der Waals surface area contributed by atoms with Gasteiger partial charge in [-0.2, -0.15) is 0 Å². The summed E-state index contributed by atoms with van der Waals surface area (Å²) in [5.74, 6) is -1.03. The Morgan fingerprint density at radius 2 is 1.75 bits per heavy atom. The highest BCUT2D eigenvalue weighted by Crippen LogP contribution is 2.19. The summed E-state index contributed by atoms with van der Waals surface area (Å²) >= 11 is 0. The maximum atomic E-state index is 12.4. The summed E-state index contributed by atoms with van der Waals surface area (Å²) in [7, 11) is -2.25. The Labute approximate surface area is 139 Å². The fourth-order valence-electron chi connectivity index (χ4n) is 2.01. The molecule has 2 aromatic carbocycles. The van der Waals surface area contributed by atoms with Gasteiger partial charge in [0.2, 0.25) is 10.0 Å². The SMILES string of the molecule is COC(=O)c1cccc(NC(=O)c2ccccc2NS(C)(=O)=O)c1. The summed E-state index contributed by atoms with van der Waals surface area (Å²) in [6, 6.07) is 12.4. The van der Waals surface area contributed by atoms with Gasteiger partial charge in [-0.1, -0.05) is 18.2 Å². The van der Waals surface area contributed by atoms with E-state index in [-0.39, 0.29) is 16.8 Å². The average molecular weight is 348 g/mol. The second kappa shape index (κ2) is 7.14. The number of carbonyl (C=O) groups is 2. The summed E-state index contributed by atoms with van der Waals surface area (Å²) in [6.07, 6.45) is 1.00. The first-order valence-electron chi connectivity index (χ1n) is 6.87. The first-order chi connectivity index (χ1) is 11.3. The van der Waals surface area contributed by atoms with E-state index in [1.165, 1.54) is 25.3 Å². The van der Waals surface area contributed by atoms with Crippen LogP contribution in [-0.2, 0) is 14.8 Å². The highest BCUT2D eigenvalue weighted by atomic mass is 32.2. The number of ether oxygens (including phenoxy) is 1. The number of rotatable bonds is 5. The van der Waals surface area contributed by atoms with E-state index in [0.29, 0.717) is 5.69 Å². The lowest BCUT2D eigenvalue weighted by Crippen LogP contribution is -2.17. The smallest absolute Gasteiger partial charge is 0.337 e. The van der Waals surface area contributed by atoms with Crippen LogP contribution in [0.25, 0.3) is 0 Å². The number of hydrogen-bond acceptors (Lipinski definition) is 5. The second-order valence-electron chi connectivity index (χ2n) is 4.95. The van der Waals surface area contributed by atoms with Crippen molar-refractivity contribution in [2.45, 2.75) is 0 Å². The van der Waals surface area contributed by atoms with Crippen molar-refractivity contribution in [2.24, 2.45) is 0 Å². The quantitative estimate of drug-likeness (QED) is 0.806. The van der Waals surface area contributed by atoms with Crippen LogP contribution in [0.1, 0.15) is 20.7 Å². The zero-order valence-electron chi connectivity index (χ0n) is 13.1. The first kappa shape index (κ1) is 17.5. The summed E-state index contributed by atoms with van der Waals surface area (Å²) in [6.45, 7) is 0. The molecule has 0 atom stereocenters. The third kappa shape index (κ3) is 4.56. The van der Waals surface area contributed by atoms with Crippen LogP contribution in [0.15, 0.2) is 48.5 Å². The Bertz CT molecular complexity index is 878. The molecular weight excluding hydrogens is 332 g/mol. The van der Waals surface area contributed by atoms with Crippen molar-refractivity contribution in [3.63, 3.8) is 0 Å². The Kier molecular flexibility index (Phi) is 5.20. The molecule has 0 aromatic heterocycles. The summed E-state index contributed by atoms with van der Waals surface area (Å²) in [5, 5.41) is 2.62. The lowest BCUT2D eigenvalue weighted by Gasteiger charge is -2.11. The minimum atomic E-state index is -3.52. The molecule has 126 valence electrons. The normalized spacial score (nSPS) is 10.8. The molecule has 1 amide bonds. The molecule has 0 aliphatic carbocycles. The topological polar surface area (TPSA) is 102 Å². The lowest BCUT2D eigenvalue weighted by molar-refractivity contribution is 0.0600. The van der Waals surface area contributed by atoms with Gasteiger partial charge in [-0.25, -0.2) is 13.2 Å². The Hall–Kier alpha value is -2.87. The monoisotopic (exact) mass is 348 g/mol. The predicted molar refractivity (Wildman–Crippen MR) is 90.6 cm³/mol. The van der Waals surface area contributed by atoms with Crippen LogP contribution in [0.3, 0.4) is 0 Å². The van der Waals surface area contributed by atoms with E-state index in [9.17, 15) is 18.0 Å². The van der Waals surface area contributed by atoms with Crippen LogP contribution in [0.2, 0.25) is 0 Å². The second-order valence-corrected chi connectivity index (χ2v) is 6.69. The first-order valence-corrected chi connectivity index (χ1v) is 8.76. The highest BCUT2D eigenvalue weighted by Gasteiger charge is 2.14. The van der Waals surface area contributed by atoms with Crippen molar-refractivity contribution >= 4 is 33.3 Å². The third-order valence-corrected chi connectivity index (χ3v) is 3.60. The van der Waals surface area contributed by atoms with Gasteiger partial charge in [0, 0.05) is 5.69 Å². The number of para-hydroxylation sites is 1. The van der Waals surface area contributed by atoms with E-state index >= 15 is 0 Å². The average Bonchev–Trinajstić information content (AvgIpc) is 2.53. The van der Waals surface area contributed by atoms with Crippen LogP contribution in [0.4, 0.5) is 11.4 Å². The molecule has 2 N–H and O–H groups in total. The molecule has 0 radical (unpaired) electrons. The fraction of sp³-hybridized carbons (Fsp3) is 0.125. The Morgan fingerprint density at radius 1 is 1.04 bits per heavy atom. The van der Waals surface area contributed by atoms with Gasteiger partial charge in [-0.05, 0) is 30.3 Å². The molecule has 8 heteroatoms. The van der Waals surface area contributed by atoms with E-state index in [2.05, 4.69) is 14.8 Å². The van der Waals surface area contributed by atoms with Gasteiger partial charge in [0.1, 0.15) is 0 Å². The number of nitrogens with one attached hydrogen (secondary N) is 2. The summed E-state index contributed by atoms with van der Waals surface area (Å²) in [5.41, 5.74) is 1.00. The van der Waals surface area contributed by atoms with Crippen molar-refractivity contribution in [3.8, 4) is 0 Å². The van der Waals surface area contributed by atoms with Gasteiger partial charge in [-0.3, -0.25) is 9.52 Å². The maximum Gasteiger partial charge on any atom is 0.337 e. The largest absolute Gasteiger partial charge is 0.465 e. The maximum absolute atomic E-state index is 12.4. The van der Waals surface area contributed by atoms with Gasteiger partial charge >= 0.3 is 5.97 Å². The minimum absolute atomic E-state index is 0.159. The van der Waals surface area contributed by atoms with Crippen LogP contribution >= 0.6 is 0 Å². The molecule has 0 bridgehead atoms. The molecule has 0 saturated heterocycles. The van der Waals surface area contributed by atoms with Crippen molar-refractivity contribution < 1.29 is 22.7 Å². The number of hydrogen-bond donors (Lipinski definition) is 2. The van der Waals surface area contributed by atoms with Crippen LogP contribution in [0.5, 0.6) is 0 Å². The summed E-state index contributed by atoms with van der Waals surface area (Å²) < 4.78 is 29.7. The highest BCUT2D eigenvalue weighted by molar-refractivity contribution is 7.92. The number of sulfonamides is 1. The number of amides is 1. The number of esters is 1. The van der Waals surface area contributed by atoms with Crippen LogP contribution in [0, 0.1) is 0 Å². The molecule has 0 spiro atoms. The number of carbonyl (C=O) groups excluding carboxylic acids is 2. The summed E-state index contributed by atoms with van der Waals surface area (Å²) in [4.78, 5) is 23.9. The zero-order chi connectivity index (χ0) is 17.7. The molecule has 2 rings (SSSR count). The minimum Gasteiger partial charge on any atom is -0.465 e. The predicted octanol–water partition coefficient (Wildman–Crippen LogP) is 2.10. The van der Waals surface area contributed by atoms with E-state index in [0.717, 1.165) is 6.26 Å². The van der Waals surface area contributed by atoms with E-state index in [1.807, 2.05) is 0 Å². The molecule has 24 heavy (non-hydrogen) atoms. The van der Waals surface area contributed by atoms with Crippen molar-refractivity contribution in [2.75, 3.05) is 23.4 Å². The molecule has 7 nitrogen and oxygen atoms in total. The fourth-order valence-corrected chi connectivity index (χ4v) is 2.59. The van der Waals surface area contributed by atoms with Gasteiger partial charge in [-0.15, -0.1) is 0 Å². The molecule has 0 heterocycles. The Balaban J connectivity index is 2.26. The number of anilines is 2. The molecule has 0 aliphatic heterocycles. The van der Waals surface area contributed by atoms with Gasteiger partial charge in [0.25, 0.3) is 5.91 Å². The van der Waals surface area contributed by atoms with E-state index < -0.39 is 21.9 Å². The number of benzene rings is 2. The van der Waals surface area contributed by atoms with Gasteiger partial charge < -0.3 is 10.1 Å². The number of methoxy groups -OCH3 is 1. The molecule has 0 saturated carbocycles. The van der Waals surface area contributed by atoms with E-state index in [1.54, 1.807) is 30.3 Å². The van der Waals surface area contributed by atoms with E-state index in [4.69, 9.17) is 0 Å². The molecule has 0 fully saturated rings. The molecule has 2 aromatic rings. The zero-order valence-corrected chi connectivity index (χ0v) is 13.9. The van der Waals surface area contributed by atoms with Gasteiger partial charge in [0.05, 0.1) is 30.2 Å². The lowest BCUT2D eigenvalue weighted by atomic mass is 10.1. The van der Waals surface area contributed by atoms with Crippen molar-refractivity contribution in [1.82, 2.24) is 0 Å². The molecule has 0 unspecified atom stereocenters. The van der Waals surface area contributed by atoms with Crippen LogP contribution in [-0.4, -0.2) is 33.7 Å². The third-order valence-electron chi connectivity index (χ3n) is 3.01. The van der Waals surface area contributed by atoms with Crippen molar-refractivity contribution in [3.05, 3.63) is 59.7 Å². The molecule has 0 aliphatic rings. The molecular formula is C16H16N2O5S. The van der Waals surface area contributed by atoms with Crippen molar-refractivity contribution in [1.29, 1.82) is 0 Å².